The van der Waals surface area contributed by atoms with E-state index in [0.29, 0.717) is 19.8 Å². The van der Waals surface area contributed by atoms with Gasteiger partial charge in [0.15, 0.2) is 12.9 Å². The van der Waals surface area contributed by atoms with Crippen LogP contribution in [0.25, 0.3) is 0 Å². The van der Waals surface area contributed by atoms with E-state index in [1.807, 2.05) is 35.3 Å². The number of hydrogen-bond acceptors (Lipinski definition) is 5. The molecule has 4 heterocycles. The molecule has 0 aliphatic carbocycles. The van der Waals surface area contributed by atoms with Crippen LogP contribution in [0.4, 0.5) is 0 Å². The number of rotatable bonds is 12. The zero-order valence-electron chi connectivity index (χ0n) is 17.2. The van der Waals surface area contributed by atoms with Crippen molar-refractivity contribution >= 4 is 0 Å². The Morgan fingerprint density at radius 1 is 0.774 bits per heavy atom. The zero-order chi connectivity index (χ0) is 20.4. The topological polar surface area (TPSA) is 91.3 Å². The molecule has 0 amide bonds. The normalized spacial score (nSPS) is 11.2. The van der Waals surface area contributed by atoms with Crippen molar-refractivity contribution in [2.75, 3.05) is 13.1 Å². The molecule has 10 heteroatoms. The van der Waals surface area contributed by atoms with E-state index in [1.165, 1.54) is 0 Å². The Kier molecular flexibility index (Phi) is 9.11. The molecule has 0 saturated carbocycles. The van der Waals surface area contributed by atoms with Crippen LogP contribution >= 0.6 is 0 Å². The van der Waals surface area contributed by atoms with Gasteiger partial charge in [0.25, 0.3) is 0 Å². The Morgan fingerprint density at radius 3 is 2.13 bits per heavy atom. The molecule has 0 saturated heterocycles. The van der Waals surface area contributed by atoms with Crippen LogP contribution < -0.4 is 19.7 Å². The van der Waals surface area contributed by atoms with E-state index in [2.05, 4.69) is 45.9 Å². The van der Waals surface area contributed by atoms with E-state index in [0.717, 1.165) is 43.4 Å². The monoisotopic (exact) mass is 596 g/mol. The minimum absolute atomic E-state index is 0. The summed E-state index contributed by atoms with van der Waals surface area (Å²) in [5.41, 5.74) is 1.04. The molecule has 0 aliphatic rings. The van der Waals surface area contributed by atoms with Gasteiger partial charge >= 0.3 is 0 Å². The molecule has 0 spiro atoms. The maximum Gasteiger partial charge on any atom is 0.194 e. The SMILES string of the molecule is [Ir].c1ccc(CN(CCCN(Cc2ncc[n-]2)C[n+]2ccc[n-]2)Cc2ncc[n-]2)nc1. The number of imidazole rings is 2. The standard InChI is InChI=1S/C21H25N9.Ir/c1-2-6-22-19(5-1)15-28(16-20-23-8-9-24-20)12-4-13-29(17-21-25-10-11-26-21)18-30-14-3-7-27-30;/h1-3,5-11,14H,4,12-13,15-18H2;/q-2;. The fourth-order valence-electron chi connectivity index (χ4n) is 3.35. The predicted octanol–water partition coefficient (Wildman–Crippen LogP) is 0.580. The number of nitrogens with zero attached hydrogens (tertiary/aromatic N) is 9. The van der Waals surface area contributed by atoms with E-state index in [9.17, 15) is 0 Å². The van der Waals surface area contributed by atoms with Gasteiger partial charge in [0, 0.05) is 59.0 Å². The minimum Gasteiger partial charge on any atom is -0.445 e. The minimum atomic E-state index is 0. The Labute approximate surface area is 195 Å². The Bertz CT molecular complexity index is 904. The summed E-state index contributed by atoms with van der Waals surface area (Å²) < 4.78 is 1.92. The van der Waals surface area contributed by atoms with Gasteiger partial charge in [-0.05, 0) is 24.6 Å². The van der Waals surface area contributed by atoms with E-state index in [1.54, 1.807) is 31.0 Å². The van der Waals surface area contributed by atoms with Crippen LogP contribution in [0.1, 0.15) is 23.8 Å². The second kappa shape index (κ2) is 12.3. The molecular weight excluding hydrogens is 571 g/mol. The van der Waals surface area contributed by atoms with Crippen LogP contribution in [0.15, 0.2) is 67.6 Å². The van der Waals surface area contributed by atoms with Crippen molar-refractivity contribution in [2.45, 2.75) is 32.7 Å². The van der Waals surface area contributed by atoms with Crippen LogP contribution in [0.2, 0.25) is 0 Å². The van der Waals surface area contributed by atoms with Crippen molar-refractivity contribution in [1.82, 2.24) is 39.8 Å². The summed E-state index contributed by atoms with van der Waals surface area (Å²) in [7, 11) is 0. The average molecular weight is 596 g/mol. The molecule has 4 rings (SSSR count). The van der Waals surface area contributed by atoms with Gasteiger partial charge < -0.3 is 25.0 Å². The Morgan fingerprint density at radius 2 is 1.52 bits per heavy atom. The van der Waals surface area contributed by atoms with Crippen LogP contribution in [-0.2, 0) is 46.4 Å². The van der Waals surface area contributed by atoms with Crippen LogP contribution in [0.5, 0.6) is 0 Å². The van der Waals surface area contributed by atoms with E-state index in [-0.39, 0.29) is 20.1 Å². The van der Waals surface area contributed by atoms with Crippen molar-refractivity contribution in [2.24, 2.45) is 0 Å². The molecule has 0 fully saturated rings. The molecule has 1 radical (unpaired) electrons. The second-order valence-electron chi connectivity index (χ2n) is 7.07. The van der Waals surface area contributed by atoms with Crippen LogP contribution in [0.3, 0.4) is 0 Å². The van der Waals surface area contributed by atoms with Gasteiger partial charge in [-0.1, -0.05) is 42.5 Å². The fraction of sp³-hybridized carbons (Fsp3) is 0.333. The van der Waals surface area contributed by atoms with E-state index >= 15 is 0 Å². The summed E-state index contributed by atoms with van der Waals surface area (Å²) in [6, 6.07) is 7.94. The van der Waals surface area contributed by atoms with Crippen molar-refractivity contribution < 1.29 is 24.8 Å². The first kappa shape index (κ1) is 23.0. The molecule has 0 atom stereocenters. The molecular formula is C21H25IrN9-2. The van der Waals surface area contributed by atoms with Gasteiger partial charge in [-0.25, -0.2) is 4.90 Å². The molecule has 9 nitrogen and oxygen atoms in total. The van der Waals surface area contributed by atoms with Crippen molar-refractivity contribution in [1.29, 1.82) is 0 Å². The van der Waals surface area contributed by atoms with Crippen molar-refractivity contribution in [3.05, 3.63) is 85.0 Å². The molecule has 31 heavy (non-hydrogen) atoms. The van der Waals surface area contributed by atoms with Gasteiger partial charge in [0.05, 0.1) is 5.69 Å². The maximum atomic E-state index is 4.47. The third-order valence-electron chi connectivity index (χ3n) is 4.72. The van der Waals surface area contributed by atoms with Gasteiger partial charge in [-0.2, -0.15) is 0 Å². The Hall–Kier alpha value is -2.65. The fourth-order valence-corrected chi connectivity index (χ4v) is 3.35. The number of hydrogen-bond donors (Lipinski definition) is 0. The summed E-state index contributed by atoms with van der Waals surface area (Å²) >= 11 is 0. The first-order valence-corrected chi connectivity index (χ1v) is 10.0. The van der Waals surface area contributed by atoms with Crippen LogP contribution in [0, 0.1) is 0 Å². The third kappa shape index (κ3) is 7.52. The zero-order valence-corrected chi connectivity index (χ0v) is 19.6. The molecule has 0 bridgehead atoms. The van der Waals surface area contributed by atoms with Gasteiger partial charge in [-0.3, -0.25) is 14.6 Å². The summed E-state index contributed by atoms with van der Waals surface area (Å²) in [5.74, 6) is 1.67. The summed E-state index contributed by atoms with van der Waals surface area (Å²) in [4.78, 5) is 26.4. The maximum absolute atomic E-state index is 4.47. The second-order valence-corrected chi connectivity index (χ2v) is 7.07. The van der Waals surface area contributed by atoms with Crippen molar-refractivity contribution in [3.8, 4) is 0 Å². The molecule has 0 N–H and O–H groups in total. The quantitative estimate of drug-likeness (QED) is 0.220. The van der Waals surface area contributed by atoms with Crippen LogP contribution in [-0.4, -0.2) is 37.8 Å². The number of aromatic nitrogens is 7. The smallest absolute Gasteiger partial charge is 0.194 e. The molecule has 0 aromatic carbocycles. The molecule has 165 valence electrons. The molecule has 0 aliphatic heterocycles. The Balaban J connectivity index is 0.00000272. The average Bonchev–Trinajstić information content (AvgIpc) is 3.53. The van der Waals surface area contributed by atoms with Crippen molar-refractivity contribution in [3.63, 3.8) is 0 Å². The van der Waals surface area contributed by atoms with Gasteiger partial charge in [-0.15, -0.1) is 6.20 Å². The number of pyridine rings is 1. The molecule has 4 aromatic heterocycles. The first-order chi connectivity index (χ1) is 14.8. The third-order valence-corrected chi connectivity index (χ3v) is 4.72. The summed E-state index contributed by atoms with van der Waals surface area (Å²) in [6.45, 7) is 4.67. The summed E-state index contributed by atoms with van der Waals surface area (Å²) in [5, 5.41) is 4.33. The largest absolute Gasteiger partial charge is 0.445 e. The summed E-state index contributed by atoms with van der Waals surface area (Å²) in [6.07, 6.45) is 13.5. The van der Waals surface area contributed by atoms with Gasteiger partial charge in [0.2, 0.25) is 0 Å². The van der Waals surface area contributed by atoms with Gasteiger partial charge in [0.1, 0.15) is 0 Å². The first-order valence-electron chi connectivity index (χ1n) is 10.0. The predicted molar refractivity (Wildman–Crippen MR) is 108 cm³/mol. The van der Waals surface area contributed by atoms with E-state index < -0.39 is 0 Å². The van der Waals surface area contributed by atoms with E-state index in [4.69, 9.17) is 0 Å². The molecule has 4 aromatic rings. The molecule has 0 unspecified atom stereocenters.